The Labute approximate surface area is 172 Å². The van der Waals surface area contributed by atoms with Crippen molar-refractivity contribution in [2.45, 2.75) is 20.4 Å². The molecule has 1 aliphatic heterocycles. The number of hydrogen-bond donors (Lipinski definition) is 1. The monoisotopic (exact) mass is 392 g/mol. The standard InChI is InChI=1S/C24H29FN4/c1-5-18(25)24(23-15(3)22(23)17-13-29(4)14-17)19(6-2)28-12-16-7-8-20-21(11-16)27-10-9-26-20/h5-11,15,17,22-23,28H,1,12-14H2,2-4H3/b19-6+,24-18-. The smallest absolute Gasteiger partial charge is 0.128 e. The average molecular weight is 393 g/mol. The molecule has 1 saturated heterocycles. The fraction of sp³-hybridized carbons (Fsp3) is 0.417. The number of hydrogen-bond acceptors (Lipinski definition) is 4. The maximum Gasteiger partial charge on any atom is 0.128 e. The second-order valence-corrected chi connectivity index (χ2v) is 8.34. The zero-order valence-electron chi connectivity index (χ0n) is 17.4. The number of rotatable bonds is 7. The first-order chi connectivity index (χ1) is 14.0. The number of nitrogens with one attached hydrogen (secondary N) is 1. The van der Waals surface area contributed by atoms with Crippen molar-refractivity contribution in [1.82, 2.24) is 20.2 Å². The summed E-state index contributed by atoms with van der Waals surface area (Å²) < 4.78 is 14.9. The molecule has 29 heavy (non-hydrogen) atoms. The van der Waals surface area contributed by atoms with E-state index in [1.54, 1.807) is 12.4 Å². The molecule has 2 aliphatic rings. The molecule has 3 atom stereocenters. The van der Waals surface area contributed by atoms with Gasteiger partial charge in [-0.25, -0.2) is 4.39 Å². The van der Waals surface area contributed by atoms with Gasteiger partial charge in [0, 0.05) is 43.3 Å². The van der Waals surface area contributed by atoms with E-state index >= 15 is 0 Å². The van der Waals surface area contributed by atoms with E-state index in [2.05, 4.69) is 40.7 Å². The Balaban J connectivity index is 1.51. The third-order valence-corrected chi connectivity index (χ3v) is 6.45. The van der Waals surface area contributed by atoms with Gasteiger partial charge >= 0.3 is 0 Å². The molecule has 2 fully saturated rings. The summed E-state index contributed by atoms with van der Waals surface area (Å²) in [6, 6.07) is 6.04. The van der Waals surface area contributed by atoms with E-state index in [9.17, 15) is 4.39 Å². The first kappa shape index (κ1) is 19.8. The molecule has 5 heteroatoms. The van der Waals surface area contributed by atoms with Gasteiger partial charge in [0.15, 0.2) is 0 Å². The first-order valence-corrected chi connectivity index (χ1v) is 10.3. The van der Waals surface area contributed by atoms with Crippen LogP contribution in [0.4, 0.5) is 4.39 Å². The molecular weight excluding hydrogens is 363 g/mol. The van der Waals surface area contributed by atoms with Crippen LogP contribution < -0.4 is 5.32 Å². The molecule has 1 aromatic heterocycles. The molecular formula is C24H29FN4. The van der Waals surface area contributed by atoms with Gasteiger partial charge < -0.3 is 10.2 Å². The summed E-state index contributed by atoms with van der Waals surface area (Å²) in [6.45, 7) is 10.7. The highest BCUT2D eigenvalue weighted by Crippen LogP contribution is 2.58. The van der Waals surface area contributed by atoms with E-state index in [-0.39, 0.29) is 11.7 Å². The Kier molecular flexibility index (Phi) is 5.50. The lowest BCUT2D eigenvalue weighted by Gasteiger charge is -2.37. The number of nitrogens with zero attached hydrogens (tertiary/aromatic N) is 3. The van der Waals surface area contributed by atoms with Crippen LogP contribution in [0.1, 0.15) is 19.4 Å². The van der Waals surface area contributed by atoms with Crippen LogP contribution in [-0.4, -0.2) is 35.0 Å². The van der Waals surface area contributed by atoms with E-state index in [1.807, 2.05) is 31.2 Å². The highest BCUT2D eigenvalue weighted by Gasteiger charge is 2.55. The molecule has 1 aliphatic carbocycles. The van der Waals surface area contributed by atoms with Gasteiger partial charge in [0.2, 0.25) is 0 Å². The van der Waals surface area contributed by atoms with Gasteiger partial charge in [0.05, 0.1) is 11.0 Å². The second kappa shape index (κ2) is 8.07. The highest BCUT2D eigenvalue weighted by atomic mass is 19.1. The normalized spacial score (nSPS) is 26.1. The van der Waals surface area contributed by atoms with Gasteiger partial charge in [-0.15, -0.1) is 0 Å². The average Bonchev–Trinajstić information content (AvgIpc) is 3.37. The van der Waals surface area contributed by atoms with Crippen LogP contribution >= 0.6 is 0 Å². The minimum absolute atomic E-state index is 0.206. The van der Waals surface area contributed by atoms with E-state index < -0.39 is 0 Å². The van der Waals surface area contributed by atoms with E-state index in [0.717, 1.165) is 41.0 Å². The topological polar surface area (TPSA) is 41.1 Å². The van der Waals surface area contributed by atoms with Crippen molar-refractivity contribution in [2.75, 3.05) is 20.1 Å². The van der Waals surface area contributed by atoms with E-state index in [1.165, 1.54) is 6.08 Å². The molecule has 3 unspecified atom stereocenters. The van der Waals surface area contributed by atoms with Gasteiger partial charge in [-0.2, -0.15) is 0 Å². The van der Waals surface area contributed by atoms with Crippen molar-refractivity contribution in [3.8, 4) is 0 Å². The molecule has 1 saturated carbocycles. The summed E-state index contributed by atoms with van der Waals surface area (Å²) >= 11 is 0. The molecule has 4 nitrogen and oxygen atoms in total. The fourth-order valence-electron chi connectivity index (χ4n) is 4.91. The van der Waals surface area contributed by atoms with Crippen molar-refractivity contribution >= 4 is 11.0 Å². The number of aromatic nitrogens is 2. The lowest BCUT2D eigenvalue weighted by Crippen LogP contribution is -2.45. The van der Waals surface area contributed by atoms with Crippen LogP contribution in [0.5, 0.6) is 0 Å². The van der Waals surface area contributed by atoms with Crippen molar-refractivity contribution in [2.24, 2.45) is 23.7 Å². The van der Waals surface area contributed by atoms with Crippen molar-refractivity contribution < 1.29 is 4.39 Å². The molecule has 2 aromatic rings. The van der Waals surface area contributed by atoms with Crippen LogP contribution in [0.2, 0.25) is 0 Å². The number of likely N-dealkylation sites (tertiary alicyclic amines) is 1. The van der Waals surface area contributed by atoms with Gasteiger partial charge in [-0.05, 0) is 61.4 Å². The molecule has 4 rings (SSSR count). The van der Waals surface area contributed by atoms with Crippen molar-refractivity contribution in [3.63, 3.8) is 0 Å². The highest BCUT2D eigenvalue weighted by molar-refractivity contribution is 5.74. The Morgan fingerprint density at radius 1 is 1.28 bits per heavy atom. The third kappa shape index (κ3) is 3.84. The largest absolute Gasteiger partial charge is 0.381 e. The summed E-state index contributed by atoms with van der Waals surface area (Å²) in [4.78, 5) is 11.0. The van der Waals surface area contributed by atoms with Gasteiger partial charge in [-0.3, -0.25) is 9.97 Å². The second-order valence-electron chi connectivity index (χ2n) is 8.34. The summed E-state index contributed by atoms with van der Waals surface area (Å²) in [6.07, 6.45) is 6.72. The Hall–Kier alpha value is -2.53. The molecule has 152 valence electrons. The number of fused-ring (bicyclic) bond motifs is 1. The molecule has 1 N–H and O–H groups in total. The van der Waals surface area contributed by atoms with Crippen LogP contribution in [0.15, 0.2) is 66.4 Å². The van der Waals surface area contributed by atoms with Gasteiger partial charge in [0.1, 0.15) is 5.83 Å². The summed E-state index contributed by atoms with van der Waals surface area (Å²) in [5.74, 6) is 1.78. The number of benzene rings is 1. The molecule has 0 spiro atoms. The molecule has 0 radical (unpaired) electrons. The predicted octanol–water partition coefficient (Wildman–Crippen LogP) is 4.48. The van der Waals surface area contributed by atoms with Crippen LogP contribution in [-0.2, 0) is 6.54 Å². The maximum atomic E-state index is 14.9. The van der Waals surface area contributed by atoms with Gasteiger partial charge in [-0.1, -0.05) is 25.6 Å². The predicted molar refractivity (Wildman–Crippen MR) is 116 cm³/mol. The zero-order chi connectivity index (χ0) is 20.5. The van der Waals surface area contributed by atoms with Crippen LogP contribution in [0.25, 0.3) is 11.0 Å². The number of halogens is 1. The fourth-order valence-corrected chi connectivity index (χ4v) is 4.91. The molecule has 1 aromatic carbocycles. The third-order valence-electron chi connectivity index (χ3n) is 6.45. The molecule has 0 amide bonds. The minimum Gasteiger partial charge on any atom is -0.381 e. The number of allylic oxidation sites excluding steroid dienone is 4. The van der Waals surface area contributed by atoms with Crippen LogP contribution in [0, 0.1) is 23.7 Å². The Bertz CT molecular complexity index is 974. The molecule has 0 bridgehead atoms. The SMILES string of the molecule is C=C/C(F)=C(\C(=C/C)NCc1ccc2nccnc2c1)C1C(C)C1C1CN(C)C1. The maximum absolute atomic E-state index is 14.9. The van der Waals surface area contributed by atoms with E-state index in [4.69, 9.17) is 0 Å². The minimum atomic E-state index is -0.206. The Morgan fingerprint density at radius 3 is 2.66 bits per heavy atom. The first-order valence-electron chi connectivity index (χ1n) is 10.3. The summed E-state index contributed by atoms with van der Waals surface area (Å²) in [5, 5.41) is 3.47. The summed E-state index contributed by atoms with van der Waals surface area (Å²) in [5.41, 5.74) is 4.49. The Morgan fingerprint density at radius 2 is 2.00 bits per heavy atom. The van der Waals surface area contributed by atoms with Crippen LogP contribution in [0.3, 0.4) is 0 Å². The lowest BCUT2D eigenvalue weighted by molar-refractivity contribution is 0.110. The van der Waals surface area contributed by atoms with E-state index in [0.29, 0.717) is 24.3 Å². The quantitative estimate of drug-likeness (QED) is 0.706. The zero-order valence-corrected chi connectivity index (χ0v) is 17.4. The van der Waals surface area contributed by atoms with Crippen molar-refractivity contribution in [1.29, 1.82) is 0 Å². The van der Waals surface area contributed by atoms with Gasteiger partial charge in [0.25, 0.3) is 0 Å². The molecule has 2 heterocycles. The lowest BCUT2D eigenvalue weighted by atomic mass is 9.91. The summed E-state index contributed by atoms with van der Waals surface area (Å²) in [7, 11) is 2.15. The van der Waals surface area contributed by atoms with Crippen molar-refractivity contribution in [3.05, 3.63) is 72.0 Å².